The lowest BCUT2D eigenvalue weighted by Gasteiger charge is -2.31. The first kappa shape index (κ1) is 12.8. The van der Waals surface area contributed by atoms with E-state index in [1.807, 2.05) is 12.1 Å². The topological polar surface area (TPSA) is 79.5 Å². The Balaban J connectivity index is 2.05. The summed E-state index contributed by atoms with van der Waals surface area (Å²) in [6.07, 6.45) is 2.76. The fraction of sp³-hybridized carbons (Fsp3) is 0.538. The Hall–Kier alpha value is -1.62. The molecule has 0 unspecified atom stereocenters. The highest BCUT2D eigenvalue weighted by molar-refractivity contribution is 5.76. The van der Waals surface area contributed by atoms with E-state index in [2.05, 4.69) is 9.88 Å². The number of hydrogen-bond donors (Lipinski definition) is 2. The zero-order valence-electron chi connectivity index (χ0n) is 10.5. The van der Waals surface area contributed by atoms with Crippen molar-refractivity contribution in [3.63, 3.8) is 0 Å². The van der Waals surface area contributed by atoms with Crippen LogP contribution in [0.25, 0.3) is 0 Å². The SMILES string of the molecule is C[C@@H](O)c1ccnc(N2CCC(C(N)=O)CC2)c1. The molecule has 98 valence electrons. The second-order valence-corrected chi connectivity index (χ2v) is 4.79. The third-order valence-electron chi connectivity index (χ3n) is 3.47. The van der Waals surface area contributed by atoms with Crippen molar-refractivity contribution < 1.29 is 9.90 Å². The molecular weight excluding hydrogens is 230 g/mol. The first-order valence-electron chi connectivity index (χ1n) is 6.26. The maximum absolute atomic E-state index is 11.1. The molecule has 5 nitrogen and oxygen atoms in total. The van der Waals surface area contributed by atoms with Crippen molar-refractivity contribution in [2.75, 3.05) is 18.0 Å². The number of amides is 1. The van der Waals surface area contributed by atoms with Crippen molar-refractivity contribution in [1.29, 1.82) is 0 Å². The van der Waals surface area contributed by atoms with Crippen LogP contribution in [0.5, 0.6) is 0 Å². The van der Waals surface area contributed by atoms with Gasteiger partial charge in [-0.2, -0.15) is 0 Å². The number of nitrogens with zero attached hydrogens (tertiary/aromatic N) is 2. The summed E-state index contributed by atoms with van der Waals surface area (Å²) >= 11 is 0. The Bertz CT molecular complexity index is 426. The molecule has 2 heterocycles. The molecule has 0 aromatic carbocycles. The summed E-state index contributed by atoms with van der Waals surface area (Å²) in [5.41, 5.74) is 6.17. The Morgan fingerprint density at radius 3 is 2.78 bits per heavy atom. The number of primary amides is 1. The number of aliphatic hydroxyl groups excluding tert-OH is 1. The molecule has 5 heteroatoms. The predicted molar refractivity (Wildman–Crippen MR) is 69.0 cm³/mol. The number of aliphatic hydroxyl groups is 1. The zero-order chi connectivity index (χ0) is 13.1. The largest absolute Gasteiger partial charge is 0.389 e. The molecule has 0 radical (unpaired) electrons. The molecule has 3 N–H and O–H groups in total. The maximum Gasteiger partial charge on any atom is 0.220 e. The molecular formula is C13H19N3O2. The Kier molecular flexibility index (Phi) is 3.81. The van der Waals surface area contributed by atoms with E-state index in [-0.39, 0.29) is 11.8 Å². The van der Waals surface area contributed by atoms with Gasteiger partial charge < -0.3 is 15.7 Å². The van der Waals surface area contributed by atoms with E-state index in [4.69, 9.17) is 5.73 Å². The number of piperidine rings is 1. The van der Waals surface area contributed by atoms with Crippen molar-refractivity contribution in [3.8, 4) is 0 Å². The Morgan fingerprint density at radius 1 is 1.56 bits per heavy atom. The number of anilines is 1. The van der Waals surface area contributed by atoms with Crippen LogP contribution < -0.4 is 10.6 Å². The van der Waals surface area contributed by atoms with E-state index in [1.165, 1.54) is 0 Å². The van der Waals surface area contributed by atoms with Gasteiger partial charge in [0.2, 0.25) is 5.91 Å². The zero-order valence-corrected chi connectivity index (χ0v) is 10.5. The van der Waals surface area contributed by atoms with E-state index < -0.39 is 6.10 Å². The molecule has 1 aromatic heterocycles. The first-order chi connectivity index (χ1) is 8.58. The highest BCUT2D eigenvalue weighted by Gasteiger charge is 2.23. The normalized spacial score (nSPS) is 18.7. The molecule has 0 bridgehead atoms. The molecule has 1 aromatic rings. The van der Waals surface area contributed by atoms with Gasteiger partial charge >= 0.3 is 0 Å². The number of hydrogen-bond acceptors (Lipinski definition) is 4. The lowest BCUT2D eigenvalue weighted by molar-refractivity contribution is -0.122. The standard InChI is InChI=1S/C13H19N3O2/c1-9(17)11-2-5-15-12(8-11)16-6-3-10(4-7-16)13(14)18/h2,5,8-10,17H,3-4,6-7H2,1H3,(H2,14,18)/t9-/m1/s1. The molecule has 1 amide bonds. The first-order valence-corrected chi connectivity index (χ1v) is 6.26. The van der Waals surface area contributed by atoms with E-state index >= 15 is 0 Å². The number of carbonyl (C=O) groups is 1. The van der Waals surface area contributed by atoms with E-state index in [1.54, 1.807) is 13.1 Å². The van der Waals surface area contributed by atoms with E-state index in [0.717, 1.165) is 37.3 Å². The Morgan fingerprint density at radius 2 is 2.22 bits per heavy atom. The quantitative estimate of drug-likeness (QED) is 0.831. The van der Waals surface area contributed by atoms with Gasteiger partial charge in [-0.15, -0.1) is 0 Å². The third-order valence-corrected chi connectivity index (χ3v) is 3.47. The molecule has 1 aliphatic rings. The molecule has 2 rings (SSSR count). The summed E-state index contributed by atoms with van der Waals surface area (Å²) in [6.45, 7) is 3.30. The van der Waals surface area contributed by atoms with Crippen molar-refractivity contribution in [3.05, 3.63) is 23.9 Å². The average Bonchev–Trinajstić information content (AvgIpc) is 2.39. The molecule has 1 aliphatic heterocycles. The van der Waals surface area contributed by atoms with Crippen molar-refractivity contribution in [2.45, 2.75) is 25.9 Å². The van der Waals surface area contributed by atoms with Gasteiger partial charge in [0.05, 0.1) is 6.10 Å². The van der Waals surface area contributed by atoms with E-state index in [9.17, 15) is 9.90 Å². The molecule has 1 fully saturated rings. The molecule has 0 saturated carbocycles. The van der Waals surface area contributed by atoms with Crippen LogP contribution in [0.15, 0.2) is 18.3 Å². The van der Waals surface area contributed by atoms with Crippen molar-refractivity contribution >= 4 is 11.7 Å². The minimum atomic E-state index is -0.491. The Labute approximate surface area is 107 Å². The third kappa shape index (κ3) is 2.79. The lowest BCUT2D eigenvalue weighted by atomic mass is 9.96. The number of carbonyl (C=O) groups excluding carboxylic acids is 1. The fourth-order valence-electron chi connectivity index (χ4n) is 2.26. The summed E-state index contributed by atoms with van der Waals surface area (Å²) < 4.78 is 0. The summed E-state index contributed by atoms with van der Waals surface area (Å²) in [5, 5.41) is 9.55. The number of aromatic nitrogens is 1. The predicted octanol–water partition coefficient (Wildman–Crippen LogP) is 0.837. The van der Waals surface area contributed by atoms with Crippen LogP contribution >= 0.6 is 0 Å². The number of rotatable bonds is 3. The smallest absolute Gasteiger partial charge is 0.220 e. The highest BCUT2D eigenvalue weighted by Crippen LogP contribution is 2.23. The molecule has 1 atom stereocenters. The molecule has 1 saturated heterocycles. The molecule has 0 aliphatic carbocycles. The summed E-state index contributed by atoms with van der Waals surface area (Å²) in [7, 11) is 0. The summed E-state index contributed by atoms with van der Waals surface area (Å²) in [6, 6.07) is 3.71. The number of nitrogens with two attached hydrogens (primary N) is 1. The summed E-state index contributed by atoms with van der Waals surface area (Å²) in [5.74, 6) is 0.637. The van der Waals surface area contributed by atoms with Gasteiger partial charge in [-0.25, -0.2) is 4.98 Å². The van der Waals surface area contributed by atoms with Gasteiger partial charge in [0.25, 0.3) is 0 Å². The second-order valence-electron chi connectivity index (χ2n) is 4.79. The van der Waals surface area contributed by atoms with Crippen molar-refractivity contribution in [1.82, 2.24) is 4.98 Å². The van der Waals surface area contributed by atoms with Gasteiger partial charge in [0, 0.05) is 25.2 Å². The van der Waals surface area contributed by atoms with Crippen LogP contribution in [0.4, 0.5) is 5.82 Å². The van der Waals surface area contributed by atoms with Crippen LogP contribution in [0, 0.1) is 5.92 Å². The van der Waals surface area contributed by atoms with Gasteiger partial charge in [-0.3, -0.25) is 4.79 Å². The summed E-state index contributed by atoms with van der Waals surface area (Å²) in [4.78, 5) is 17.5. The molecule has 18 heavy (non-hydrogen) atoms. The molecule has 0 spiro atoms. The van der Waals surface area contributed by atoms with E-state index in [0.29, 0.717) is 0 Å². The van der Waals surface area contributed by atoms with Gasteiger partial charge in [-0.05, 0) is 37.5 Å². The maximum atomic E-state index is 11.1. The van der Waals surface area contributed by atoms with Crippen LogP contribution in [0.1, 0.15) is 31.4 Å². The van der Waals surface area contributed by atoms with Crippen molar-refractivity contribution in [2.24, 2.45) is 11.7 Å². The van der Waals surface area contributed by atoms with Crippen LogP contribution in [-0.2, 0) is 4.79 Å². The minimum Gasteiger partial charge on any atom is -0.389 e. The van der Waals surface area contributed by atoms with Gasteiger partial charge in [0.15, 0.2) is 0 Å². The monoisotopic (exact) mass is 249 g/mol. The fourth-order valence-corrected chi connectivity index (χ4v) is 2.26. The van der Waals surface area contributed by atoms with Crippen LogP contribution in [-0.4, -0.2) is 29.1 Å². The van der Waals surface area contributed by atoms with Gasteiger partial charge in [-0.1, -0.05) is 0 Å². The lowest BCUT2D eigenvalue weighted by Crippen LogP contribution is -2.38. The van der Waals surface area contributed by atoms with Gasteiger partial charge in [0.1, 0.15) is 5.82 Å². The highest BCUT2D eigenvalue weighted by atomic mass is 16.3. The average molecular weight is 249 g/mol. The number of pyridine rings is 1. The van der Waals surface area contributed by atoms with Crippen LogP contribution in [0.2, 0.25) is 0 Å². The minimum absolute atomic E-state index is 0.0128. The second kappa shape index (κ2) is 5.35. The van der Waals surface area contributed by atoms with Crippen LogP contribution in [0.3, 0.4) is 0 Å².